The Morgan fingerprint density at radius 1 is 0.914 bits per heavy atom. The van der Waals surface area contributed by atoms with Crippen LogP contribution in [0.3, 0.4) is 0 Å². The van der Waals surface area contributed by atoms with Gasteiger partial charge in [0, 0.05) is 5.56 Å². The molecule has 3 aromatic carbocycles. The molecule has 5 rings (SSSR count). The number of amides is 1. The third-order valence-corrected chi connectivity index (χ3v) is 6.17. The summed E-state index contributed by atoms with van der Waals surface area (Å²) in [6.45, 7) is 0.0885. The molecule has 3 N–H and O–H groups in total. The zero-order valence-electron chi connectivity index (χ0n) is 18.6. The van der Waals surface area contributed by atoms with Crippen LogP contribution in [0.15, 0.2) is 88.1 Å². The Balaban J connectivity index is 1.29. The third-order valence-electron chi connectivity index (χ3n) is 6.17. The molecule has 0 radical (unpaired) electrons. The van der Waals surface area contributed by atoms with Gasteiger partial charge in [0.05, 0.1) is 5.41 Å². The highest BCUT2D eigenvalue weighted by atomic mass is 16.5. The van der Waals surface area contributed by atoms with E-state index in [-0.39, 0.29) is 18.2 Å². The van der Waals surface area contributed by atoms with Crippen LogP contribution in [0.2, 0.25) is 0 Å². The van der Waals surface area contributed by atoms with Gasteiger partial charge in [-0.15, -0.1) is 0 Å². The SMILES string of the molecule is O=C(Nc1[nH]c(=O)oc1-c1ccc(-c2ccc(C3(C(=O)O)CC3)cc2)cc1)OCc1ccccc1. The van der Waals surface area contributed by atoms with E-state index >= 15 is 0 Å². The molecule has 1 saturated carbocycles. The molecule has 176 valence electrons. The van der Waals surface area contributed by atoms with E-state index in [4.69, 9.17) is 9.15 Å². The van der Waals surface area contributed by atoms with Crippen LogP contribution in [-0.2, 0) is 21.6 Å². The van der Waals surface area contributed by atoms with E-state index in [2.05, 4.69) is 10.3 Å². The van der Waals surface area contributed by atoms with Crippen LogP contribution >= 0.6 is 0 Å². The Morgan fingerprint density at radius 2 is 1.51 bits per heavy atom. The fourth-order valence-electron chi connectivity index (χ4n) is 4.03. The lowest BCUT2D eigenvalue weighted by Crippen LogP contribution is -2.19. The van der Waals surface area contributed by atoms with Crippen molar-refractivity contribution in [3.8, 4) is 22.5 Å². The largest absolute Gasteiger partial charge is 0.481 e. The molecule has 0 unspecified atom stereocenters. The normalized spacial score (nSPS) is 13.7. The van der Waals surface area contributed by atoms with Gasteiger partial charge in [-0.05, 0) is 35.1 Å². The fraction of sp³-hybridized carbons (Fsp3) is 0.148. The van der Waals surface area contributed by atoms with E-state index in [0.29, 0.717) is 18.4 Å². The summed E-state index contributed by atoms with van der Waals surface area (Å²) < 4.78 is 10.5. The molecule has 0 atom stereocenters. The van der Waals surface area contributed by atoms with Crippen molar-refractivity contribution in [3.05, 3.63) is 101 Å². The standard InChI is InChI=1S/C27H22N2O6/c30-24(31)27(14-15-27)21-12-10-19(11-13-21)18-6-8-20(9-7-18)22-23(29-26(33)35-22)28-25(32)34-16-17-4-2-1-3-5-17/h1-13H,14-16H2,(H,28,32)(H,29,33)(H,30,31). The van der Waals surface area contributed by atoms with Gasteiger partial charge in [-0.1, -0.05) is 78.9 Å². The van der Waals surface area contributed by atoms with E-state index in [1.165, 1.54) is 0 Å². The lowest BCUT2D eigenvalue weighted by molar-refractivity contribution is -0.140. The predicted octanol–water partition coefficient (Wildman–Crippen LogP) is 5.17. The first-order chi connectivity index (χ1) is 16.9. The number of benzene rings is 3. The molecule has 1 aromatic heterocycles. The summed E-state index contributed by atoms with van der Waals surface area (Å²) in [6, 6.07) is 24.0. The number of H-pyrrole nitrogens is 1. The number of anilines is 1. The Kier molecular flexibility index (Phi) is 5.70. The summed E-state index contributed by atoms with van der Waals surface area (Å²) in [5.41, 5.74) is 3.34. The van der Waals surface area contributed by atoms with Crippen LogP contribution in [0.4, 0.5) is 10.6 Å². The average molecular weight is 470 g/mol. The van der Waals surface area contributed by atoms with E-state index < -0.39 is 23.2 Å². The maximum atomic E-state index is 12.2. The lowest BCUT2D eigenvalue weighted by atomic mass is 9.93. The van der Waals surface area contributed by atoms with Gasteiger partial charge >= 0.3 is 17.8 Å². The minimum atomic E-state index is -0.782. The number of oxazole rings is 1. The smallest absolute Gasteiger partial charge is 0.418 e. The second kappa shape index (κ2) is 8.98. The zero-order chi connectivity index (χ0) is 24.4. The van der Waals surface area contributed by atoms with Gasteiger partial charge in [0.15, 0.2) is 11.6 Å². The summed E-state index contributed by atoms with van der Waals surface area (Å²) in [4.78, 5) is 38.1. The number of hydrogen-bond acceptors (Lipinski definition) is 5. The van der Waals surface area contributed by atoms with Crippen molar-refractivity contribution < 1.29 is 23.8 Å². The zero-order valence-corrected chi connectivity index (χ0v) is 18.6. The van der Waals surface area contributed by atoms with E-state index in [1.54, 1.807) is 12.1 Å². The number of carbonyl (C=O) groups is 2. The predicted molar refractivity (Wildman–Crippen MR) is 129 cm³/mol. The van der Waals surface area contributed by atoms with E-state index in [1.807, 2.05) is 66.7 Å². The monoisotopic (exact) mass is 470 g/mol. The Bertz CT molecular complexity index is 1420. The number of hydrogen-bond donors (Lipinski definition) is 3. The first-order valence-electron chi connectivity index (χ1n) is 11.1. The second-order valence-electron chi connectivity index (χ2n) is 8.45. The van der Waals surface area contributed by atoms with Crippen LogP contribution in [0.1, 0.15) is 24.0 Å². The van der Waals surface area contributed by atoms with Crippen molar-refractivity contribution >= 4 is 17.9 Å². The number of aromatic amines is 1. The van der Waals surface area contributed by atoms with Gasteiger partial charge in [0.25, 0.3) is 0 Å². The number of nitrogens with one attached hydrogen (secondary N) is 2. The van der Waals surface area contributed by atoms with Gasteiger partial charge < -0.3 is 14.3 Å². The molecule has 8 heteroatoms. The number of carboxylic acid groups (broad SMARTS) is 1. The number of rotatable bonds is 7. The summed E-state index contributed by atoms with van der Waals surface area (Å²) in [7, 11) is 0. The maximum absolute atomic E-state index is 12.2. The minimum Gasteiger partial charge on any atom is -0.481 e. The van der Waals surface area contributed by atoms with Gasteiger partial charge in [-0.25, -0.2) is 9.59 Å². The van der Waals surface area contributed by atoms with Crippen molar-refractivity contribution in [2.24, 2.45) is 0 Å². The fourth-order valence-corrected chi connectivity index (χ4v) is 4.03. The first kappa shape index (κ1) is 22.2. The highest BCUT2D eigenvalue weighted by molar-refractivity contribution is 5.88. The summed E-state index contributed by atoms with van der Waals surface area (Å²) in [5, 5.41) is 12.0. The van der Waals surface area contributed by atoms with Gasteiger partial charge in [0.2, 0.25) is 0 Å². The molecule has 8 nitrogen and oxygen atoms in total. The molecular formula is C27H22N2O6. The van der Waals surface area contributed by atoms with Crippen LogP contribution in [0.25, 0.3) is 22.5 Å². The van der Waals surface area contributed by atoms with Crippen LogP contribution in [-0.4, -0.2) is 22.2 Å². The Morgan fingerprint density at radius 3 is 2.11 bits per heavy atom. The Hall–Kier alpha value is -4.59. The van der Waals surface area contributed by atoms with Crippen molar-refractivity contribution in [1.82, 2.24) is 4.98 Å². The number of ether oxygens (including phenoxy) is 1. The molecule has 0 saturated heterocycles. The highest BCUT2D eigenvalue weighted by Gasteiger charge is 2.51. The lowest BCUT2D eigenvalue weighted by Gasteiger charge is -2.11. The van der Waals surface area contributed by atoms with Gasteiger partial charge in [-0.3, -0.25) is 15.1 Å². The van der Waals surface area contributed by atoms with Crippen molar-refractivity contribution in [3.63, 3.8) is 0 Å². The van der Waals surface area contributed by atoms with Crippen LogP contribution in [0, 0.1) is 0 Å². The topological polar surface area (TPSA) is 122 Å². The average Bonchev–Trinajstić information content (AvgIpc) is 3.62. The molecule has 0 bridgehead atoms. The molecule has 1 aliphatic rings. The first-order valence-corrected chi connectivity index (χ1v) is 11.1. The maximum Gasteiger partial charge on any atom is 0.418 e. The highest BCUT2D eigenvalue weighted by Crippen LogP contribution is 2.48. The quantitative estimate of drug-likeness (QED) is 0.343. The van der Waals surface area contributed by atoms with Gasteiger partial charge in [0.1, 0.15) is 6.61 Å². The van der Waals surface area contributed by atoms with Crippen LogP contribution < -0.4 is 11.1 Å². The number of aliphatic carboxylic acids is 1. The second-order valence-corrected chi connectivity index (χ2v) is 8.45. The molecule has 1 fully saturated rings. The molecular weight excluding hydrogens is 448 g/mol. The number of carbonyl (C=O) groups excluding carboxylic acids is 1. The molecule has 4 aromatic rings. The molecule has 1 heterocycles. The Labute approximate surface area is 200 Å². The van der Waals surface area contributed by atoms with Crippen molar-refractivity contribution in [1.29, 1.82) is 0 Å². The minimum absolute atomic E-state index is 0.0885. The summed E-state index contributed by atoms with van der Waals surface area (Å²) >= 11 is 0. The van der Waals surface area contributed by atoms with Crippen molar-refractivity contribution in [2.75, 3.05) is 5.32 Å². The summed E-state index contributed by atoms with van der Waals surface area (Å²) in [6.07, 6.45) is 0.599. The number of carboxylic acids is 1. The third kappa shape index (κ3) is 4.59. The van der Waals surface area contributed by atoms with Crippen molar-refractivity contribution in [2.45, 2.75) is 24.9 Å². The molecule has 1 aliphatic carbocycles. The van der Waals surface area contributed by atoms with E-state index in [9.17, 15) is 19.5 Å². The summed E-state index contributed by atoms with van der Waals surface area (Å²) in [5.74, 6) is -1.19. The molecule has 35 heavy (non-hydrogen) atoms. The van der Waals surface area contributed by atoms with E-state index in [0.717, 1.165) is 22.3 Å². The molecule has 0 spiro atoms. The van der Waals surface area contributed by atoms with Gasteiger partial charge in [-0.2, -0.15) is 0 Å². The molecule has 1 amide bonds. The number of aromatic nitrogens is 1. The van der Waals surface area contributed by atoms with Crippen LogP contribution in [0.5, 0.6) is 0 Å². The molecule has 0 aliphatic heterocycles.